The van der Waals surface area contributed by atoms with Crippen molar-refractivity contribution >= 4 is 11.6 Å². The van der Waals surface area contributed by atoms with Gasteiger partial charge in [0.05, 0.1) is 5.02 Å². The molecule has 5 heteroatoms. The molecule has 0 saturated heterocycles. The van der Waals surface area contributed by atoms with Crippen LogP contribution in [0.5, 0.6) is 0 Å². The van der Waals surface area contributed by atoms with Gasteiger partial charge in [0, 0.05) is 18.6 Å². The molecule has 0 radical (unpaired) electrons. The summed E-state index contributed by atoms with van der Waals surface area (Å²) in [5.74, 6) is 0.440. The normalized spacial score (nSPS) is 10.2. The third kappa shape index (κ3) is 1.36. The average molecular weight is 196 g/mol. The molecule has 66 valence electrons. The molecule has 1 N–H and O–H groups in total. The Hall–Kier alpha value is -1.55. The van der Waals surface area contributed by atoms with E-state index in [-0.39, 0.29) is 5.69 Å². The summed E-state index contributed by atoms with van der Waals surface area (Å²) in [6.45, 7) is 0. The number of halogens is 1. The predicted octanol–water partition coefficient (Wildman–Crippen LogP) is 1.21. The van der Waals surface area contributed by atoms with Crippen LogP contribution in [0.2, 0.25) is 5.02 Å². The van der Waals surface area contributed by atoms with Crippen LogP contribution in [0.3, 0.4) is 0 Å². The molecule has 0 fully saturated rings. The van der Waals surface area contributed by atoms with Crippen molar-refractivity contribution < 1.29 is 0 Å². The number of aromatic nitrogens is 3. The molecule has 0 bridgehead atoms. The summed E-state index contributed by atoms with van der Waals surface area (Å²) in [7, 11) is 0. The molecule has 2 rings (SSSR count). The lowest BCUT2D eigenvalue weighted by molar-refractivity contribution is 0.941. The molecule has 2 aromatic rings. The minimum Gasteiger partial charge on any atom is -0.312 e. The largest absolute Gasteiger partial charge is 0.331 e. The maximum atomic E-state index is 11.2. The zero-order valence-corrected chi connectivity index (χ0v) is 7.32. The highest BCUT2D eigenvalue weighted by Crippen LogP contribution is 2.14. The lowest BCUT2D eigenvalue weighted by atomic mass is 10.4. The Morgan fingerprint density at radius 3 is 3.00 bits per heavy atom. The Morgan fingerprint density at radius 2 is 2.38 bits per heavy atom. The van der Waals surface area contributed by atoms with Gasteiger partial charge < -0.3 is 4.98 Å². The summed E-state index contributed by atoms with van der Waals surface area (Å²) in [6.07, 6.45) is 4.70. The van der Waals surface area contributed by atoms with Crippen molar-refractivity contribution in [1.82, 2.24) is 14.5 Å². The number of pyridine rings is 1. The second-order valence-electron chi connectivity index (χ2n) is 2.44. The lowest BCUT2D eigenvalue weighted by Gasteiger charge is -2.00. The third-order valence-electron chi connectivity index (χ3n) is 1.62. The molecule has 0 saturated carbocycles. The van der Waals surface area contributed by atoms with Gasteiger partial charge >= 0.3 is 5.69 Å². The number of imidazole rings is 1. The van der Waals surface area contributed by atoms with E-state index < -0.39 is 0 Å². The average Bonchev–Trinajstić information content (AvgIpc) is 2.52. The summed E-state index contributed by atoms with van der Waals surface area (Å²) in [5, 5.41) is 0.448. The van der Waals surface area contributed by atoms with Crippen LogP contribution >= 0.6 is 11.6 Å². The Labute approximate surface area is 78.8 Å². The Kier molecular flexibility index (Phi) is 1.90. The summed E-state index contributed by atoms with van der Waals surface area (Å²) in [6, 6.07) is 3.40. The van der Waals surface area contributed by atoms with Gasteiger partial charge in [-0.05, 0) is 12.1 Å². The fraction of sp³-hybridized carbons (Fsp3) is 0. The van der Waals surface area contributed by atoms with Crippen molar-refractivity contribution in [1.29, 1.82) is 0 Å². The molecule has 0 spiro atoms. The molecular formula is C8H6ClN3O. The van der Waals surface area contributed by atoms with E-state index in [4.69, 9.17) is 11.6 Å². The van der Waals surface area contributed by atoms with Gasteiger partial charge in [0.25, 0.3) is 0 Å². The monoisotopic (exact) mass is 195 g/mol. The highest BCUT2D eigenvalue weighted by molar-refractivity contribution is 6.32. The van der Waals surface area contributed by atoms with Crippen LogP contribution in [-0.4, -0.2) is 14.5 Å². The standard InChI is InChI=1S/C8H6ClN3O/c9-6-2-1-3-10-7(6)12-5-4-11-8(12)13/h1-5H,(H,11,13). The first-order chi connectivity index (χ1) is 6.29. The summed E-state index contributed by atoms with van der Waals surface area (Å²) < 4.78 is 1.35. The van der Waals surface area contributed by atoms with Gasteiger partial charge in [0.2, 0.25) is 0 Å². The van der Waals surface area contributed by atoms with E-state index in [1.807, 2.05) is 0 Å². The molecule has 0 aliphatic carbocycles. The van der Waals surface area contributed by atoms with E-state index in [2.05, 4.69) is 9.97 Å². The summed E-state index contributed by atoms with van der Waals surface area (Å²) in [4.78, 5) is 17.7. The van der Waals surface area contributed by atoms with Gasteiger partial charge in [-0.25, -0.2) is 9.78 Å². The summed E-state index contributed by atoms with van der Waals surface area (Å²) in [5.41, 5.74) is -0.249. The van der Waals surface area contributed by atoms with Gasteiger partial charge in [-0.1, -0.05) is 11.6 Å². The summed E-state index contributed by atoms with van der Waals surface area (Å²) >= 11 is 5.85. The van der Waals surface area contributed by atoms with Gasteiger partial charge in [-0.15, -0.1) is 0 Å². The number of nitrogens with zero attached hydrogens (tertiary/aromatic N) is 2. The van der Waals surface area contributed by atoms with Crippen LogP contribution in [-0.2, 0) is 0 Å². The zero-order valence-electron chi connectivity index (χ0n) is 6.57. The molecule has 4 nitrogen and oxygen atoms in total. The first-order valence-corrected chi connectivity index (χ1v) is 4.04. The molecule has 0 atom stereocenters. The van der Waals surface area contributed by atoms with Crippen molar-refractivity contribution in [2.45, 2.75) is 0 Å². The minimum atomic E-state index is -0.249. The van der Waals surface area contributed by atoms with Crippen LogP contribution in [0.1, 0.15) is 0 Å². The highest BCUT2D eigenvalue weighted by Gasteiger charge is 2.04. The fourth-order valence-electron chi connectivity index (χ4n) is 1.04. The fourth-order valence-corrected chi connectivity index (χ4v) is 1.25. The quantitative estimate of drug-likeness (QED) is 0.744. The number of nitrogens with one attached hydrogen (secondary N) is 1. The Morgan fingerprint density at radius 1 is 1.54 bits per heavy atom. The van der Waals surface area contributed by atoms with Gasteiger partial charge in [0.15, 0.2) is 5.82 Å². The molecule has 0 unspecified atom stereocenters. The first-order valence-electron chi connectivity index (χ1n) is 3.66. The van der Waals surface area contributed by atoms with E-state index in [1.165, 1.54) is 10.8 Å². The van der Waals surface area contributed by atoms with Crippen LogP contribution in [0.4, 0.5) is 0 Å². The zero-order chi connectivity index (χ0) is 9.26. The van der Waals surface area contributed by atoms with Crippen LogP contribution in [0.15, 0.2) is 35.5 Å². The molecule has 2 aromatic heterocycles. The van der Waals surface area contributed by atoms with Crippen LogP contribution in [0, 0.1) is 0 Å². The molecule has 0 aliphatic rings. The molecule has 0 aromatic carbocycles. The van der Waals surface area contributed by atoms with E-state index >= 15 is 0 Å². The number of aromatic amines is 1. The van der Waals surface area contributed by atoms with Crippen molar-refractivity contribution in [2.75, 3.05) is 0 Å². The van der Waals surface area contributed by atoms with E-state index in [0.717, 1.165) is 0 Å². The predicted molar refractivity (Wildman–Crippen MR) is 49.2 cm³/mol. The second-order valence-corrected chi connectivity index (χ2v) is 2.85. The van der Waals surface area contributed by atoms with Crippen LogP contribution < -0.4 is 5.69 Å². The molecule has 13 heavy (non-hydrogen) atoms. The third-order valence-corrected chi connectivity index (χ3v) is 1.91. The second kappa shape index (κ2) is 3.06. The maximum Gasteiger partial charge on any atom is 0.331 e. The van der Waals surface area contributed by atoms with Gasteiger partial charge in [-0.2, -0.15) is 0 Å². The number of rotatable bonds is 1. The van der Waals surface area contributed by atoms with Crippen molar-refractivity contribution in [3.8, 4) is 5.82 Å². The smallest absolute Gasteiger partial charge is 0.312 e. The van der Waals surface area contributed by atoms with Gasteiger partial charge in [0.1, 0.15) is 0 Å². The first kappa shape index (κ1) is 8.07. The van der Waals surface area contributed by atoms with E-state index in [0.29, 0.717) is 10.8 Å². The minimum absolute atomic E-state index is 0.249. The Bertz CT molecular complexity index is 474. The maximum absolute atomic E-state index is 11.2. The lowest BCUT2D eigenvalue weighted by Crippen LogP contribution is -2.15. The SMILES string of the molecule is O=c1[nH]ccn1-c1ncccc1Cl. The van der Waals surface area contributed by atoms with E-state index in [1.54, 1.807) is 24.5 Å². The Balaban J connectivity index is 2.66. The van der Waals surface area contributed by atoms with Crippen molar-refractivity contribution in [3.63, 3.8) is 0 Å². The van der Waals surface area contributed by atoms with Crippen LogP contribution in [0.25, 0.3) is 5.82 Å². The number of H-pyrrole nitrogens is 1. The van der Waals surface area contributed by atoms with Crippen molar-refractivity contribution in [3.05, 3.63) is 46.2 Å². The topological polar surface area (TPSA) is 50.7 Å². The molecule has 2 heterocycles. The molecule has 0 amide bonds. The number of hydrogen-bond donors (Lipinski definition) is 1. The highest BCUT2D eigenvalue weighted by atomic mass is 35.5. The molecule has 0 aliphatic heterocycles. The van der Waals surface area contributed by atoms with Gasteiger partial charge in [-0.3, -0.25) is 4.57 Å². The van der Waals surface area contributed by atoms with Crippen molar-refractivity contribution in [2.24, 2.45) is 0 Å². The number of hydrogen-bond acceptors (Lipinski definition) is 2. The van der Waals surface area contributed by atoms with E-state index in [9.17, 15) is 4.79 Å². The molecular weight excluding hydrogens is 190 g/mol.